The largest absolute Gasteiger partial charge is 0.378 e. The van der Waals surface area contributed by atoms with Crippen molar-refractivity contribution in [2.45, 2.75) is 13.0 Å². The molecule has 3 aromatic rings. The molecular formula is C22H24ClN5O2. The van der Waals surface area contributed by atoms with E-state index in [0.29, 0.717) is 43.0 Å². The van der Waals surface area contributed by atoms with Crippen molar-refractivity contribution in [3.05, 3.63) is 41.4 Å². The molecule has 2 fully saturated rings. The summed E-state index contributed by atoms with van der Waals surface area (Å²) in [6.07, 6.45) is 0. The SMILES string of the molecule is C[C@H]1COCCN1c1nc(N2CCOCC2)nc2nc(-c3ccc(Cl)cc3)ccc12. The molecule has 0 spiro atoms. The minimum absolute atomic E-state index is 0.241. The average Bonchev–Trinajstić information content (AvgIpc) is 2.79. The van der Waals surface area contributed by atoms with E-state index >= 15 is 0 Å². The number of pyridine rings is 1. The molecule has 0 aliphatic carbocycles. The maximum atomic E-state index is 6.05. The van der Waals surface area contributed by atoms with Crippen LogP contribution in [0.3, 0.4) is 0 Å². The minimum Gasteiger partial charge on any atom is -0.378 e. The fraction of sp³-hybridized carbons (Fsp3) is 0.409. The predicted octanol–water partition coefficient (Wildman–Crippen LogP) is 3.41. The van der Waals surface area contributed by atoms with Crippen LogP contribution >= 0.6 is 11.6 Å². The summed E-state index contributed by atoms with van der Waals surface area (Å²) in [5.74, 6) is 1.63. The number of morpholine rings is 2. The zero-order valence-electron chi connectivity index (χ0n) is 16.9. The molecule has 0 N–H and O–H groups in total. The first-order valence-corrected chi connectivity index (χ1v) is 10.7. The Morgan fingerprint density at radius 1 is 0.900 bits per heavy atom. The molecule has 4 heterocycles. The fourth-order valence-electron chi connectivity index (χ4n) is 3.93. The number of ether oxygens (including phenoxy) is 2. The third kappa shape index (κ3) is 3.80. The van der Waals surface area contributed by atoms with Gasteiger partial charge in [0.05, 0.1) is 43.5 Å². The quantitative estimate of drug-likeness (QED) is 0.637. The summed E-state index contributed by atoms with van der Waals surface area (Å²) in [4.78, 5) is 19.2. The summed E-state index contributed by atoms with van der Waals surface area (Å²) in [6.45, 7) is 7.27. The lowest BCUT2D eigenvalue weighted by atomic mass is 10.1. The lowest BCUT2D eigenvalue weighted by Gasteiger charge is -2.35. The fourth-order valence-corrected chi connectivity index (χ4v) is 4.06. The predicted molar refractivity (Wildman–Crippen MR) is 118 cm³/mol. The van der Waals surface area contributed by atoms with Gasteiger partial charge >= 0.3 is 0 Å². The van der Waals surface area contributed by atoms with Crippen molar-refractivity contribution in [3.63, 3.8) is 0 Å². The third-order valence-corrected chi connectivity index (χ3v) is 5.85. The first-order valence-electron chi connectivity index (χ1n) is 10.3. The molecule has 1 atom stereocenters. The molecule has 0 bridgehead atoms. The van der Waals surface area contributed by atoms with Crippen molar-refractivity contribution in [2.75, 3.05) is 55.9 Å². The van der Waals surface area contributed by atoms with E-state index < -0.39 is 0 Å². The van der Waals surface area contributed by atoms with Crippen LogP contribution in [0.25, 0.3) is 22.3 Å². The van der Waals surface area contributed by atoms with Gasteiger partial charge in [0, 0.05) is 30.2 Å². The summed E-state index contributed by atoms with van der Waals surface area (Å²) in [7, 11) is 0. The molecular weight excluding hydrogens is 402 g/mol. The zero-order valence-corrected chi connectivity index (χ0v) is 17.7. The minimum atomic E-state index is 0.241. The second kappa shape index (κ2) is 8.34. The highest BCUT2D eigenvalue weighted by Gasteiger charge is 2.25. The number of rotatable bonds is 3. The Hall–Kier alpha value is -2.48. The van der Waals surface area contributed by atoms with E-state index in [1.807, 2.05) is 30.3 Å². The van der Waals surface area contributed by atoms with E-state index in [-0.39, 0.29) is 6.04 Å². The second-order valence-electron chi connectivity index (χ2n) is 7.64. The number of benzene rings is 1. The Kier molecular flexibility index (Phi) is 5.41. The van der Waals surface area contributed by atoms with Crippen LogP contribution in [-0.2, 0) is 9.47 Å². The zero-order chi connectivity index (χ0) is 20.5. The smallest absolute Gasteiger partial charge is 0.229 e. The maximum absolute atomic E-state index is 6.05. The van der Waals surface area contributed by atoms with Crippen LogP contribution in [0.1, 0.15) is 6.92 Å². The van der Waals surface area contributed by atoms with Crippen LogP contribution in [0.15, 0.2) is 36.4 Å². The van der Waals surface area contributed by atoms with Gasteiger partial charge in [-0.3, -0.25) is 0 Å². The van der Waals surface area contributed by atoms with Crippen LogP contribution < -0.4 is 9.80 Å². The van der Waals surface area contributed by atoms with Crippen molar-refractivity contribution in [1.82, 2.24) is 15.0 Å². The number of anilines is 2. The van der Waals surface area contributed by atoms with Crippen LogP contribution in [0.5, 0.6) is 0 Å². The lowest BCUT2D eigenvalue weighted by molar-refractivity contribution is 0.0986. The molecule has 0 amide bonds. The van der Waals surface area contributed by atoms with Crippen LogP contribution in [-0.4, -0.2) is 67.1 Å². The summed E-state index contributed by atoms with van der Waals surface area (Å²) in [5, 5.41) is 1.67. The normalized spacial score (nSPS) is 20.0. The van der Waals surface area contributed by atoms with Crippen LogP contribution in [0.2, 0.25) is 5.02 Å². The monoisotopic (exact) mass is 425 g/mol. The van der Waals surface area contributed by atoms with E-state index in [0.717, 1.165) is 42.1 Å². The number of hydrogen-bond acceptors (Lipinski definition) is 7. The van der Waals surface area contributed by atoms with Gasteiger partial charge in [-0.1, -0.05) is 23.7 Å². The highest BCUT2D eigenvalue weighted by molar-refractivity contribution is 6.30. The van der Waals surface area contributed by atoms with E-state index in [1.165, 1.54) is 0 Å². The van der Waals surface area contributed by atoms with E-state index in [9.17, 15) is 0 Å². The Bertz CT molecular complexity index is 1040. The van der Waals surface area contributed by atoms with Crippen molar-refractivity contribution in [3.8, 4) is 11.3 Å². The maximum Gasteiger partial charge on any atom is 0.229 e. The van der Waals surface area contributed by atoms with Gasteiger partial charge in [0.2, 0.25) is 5.95 Å². The molecule has 0 saturated carbocycles. The Labute approximate surface area is 180 Å². The molecule has 1 aromatic carbocycles. The van der Waals surface area contributed by atoms with Crippen molar-refractivity contribution in [2.24, 2.45) is 0 Å². The van der Waals surface area contributed by atoms with Gasteiger partial charge in [-0.15, -0.1) is 0 Å². The Morgan fingerprint density at radius 2 is 1.67 bits per heavy atom. The molecule has 2 aliphatic heterocycles. The van der Waals surface area contributed by atoms with Gasteiger partial charge in [-0.2, -0.15) is 9.97 Å². The molecule has 2 aromatic heterocycles. The molecule has 156 valence electrons. The van der Waals surface area contributed by atoms with Gasteiger partial charge in [-0.25, -0.2) is 4.98 Å². The number of nitrogens with zero attached hydrogens (tertiary/aromatic N) is 5. The molecule has 5 rings (SSSR count). The van der Waals surface area contributed by atoms with E-state index in [1.54, 1.807) is 0 Å². The molecule has 0 unspecified atom stereocenters. The highest BCUT2D eigenvalue weighted by Crippen LogP contribution is 2.30. The molecule has 7 nitrogen and oxygen atoms in total. The van der Waals surface area contributed by atoms with Gasteiger partial charge < -0.3 is 19.3 Å². The Balaban J connectivity index is 1.63. The van der Waals surface area contributed by atoms with Crippen molar-refractivity contribution in [1.29, 1.82) is 0 Å². The van der Waals surface area contributed by atoms with E-state index in [2.05, 4.69) is 22.8 Å². The Morgan fingerprint density at radius 3 is 2.43 bits per heavy atom. The number of aromatic nitrogens is 3. The van der Waals surface area contributed by atoms with Crippen molar-refractivity contribution >= 4 is 34.4 Å². The molecule has 2 saturated heterocycles. The molecule has 2 aliphatic rings. The van der Waals surface area contributed by atoms with Crippen molar-refractivity contribution < 1.29 is 9.47 Å². The second-order valence-corrected chi connectivity index (χ2v) is 8.07. The standard InChI is InChI=1S/C22H24ClN5O2/c1-15-14-30-13-10-28(15)21-18-6-7-19(16-2-4-17(23)5-3-16)24-20(18)25-22(26-21)27-8-11-29-12-9-27/h2-7,15H,8-14H2,1H3/t15-/m0/s1. The van der Waals surface area contributed by atoms with Gasteiger partial charge in [0.25, 0.3) is 0 Å². The average molecular weight is 426 g/mol. The first kappa shape index (κ1) is 19.5. The highest BCUT2D eigenvalue weighted by atomic mass is 35.5. The third-order valence-electron chi connectivity index (χ3n) is 5.60. The van der Waals surface area contributed by atoms with Crippen LogP contribution in [0.4, 0.5) is 11.8 Å². The molecule has 8 heteroatoms. The summed E-state index contributed by atoms with van der Waals surface area (Å²) >= 11 is 6.05. The summed E-state index contributed by atoms with van der Waals surface area (Å²) in [5.41, 5.74) is 2.58. The topological polar surface area (TPSA) is 63.6 Å². The van der Waals surface area contributed by atoms with Gasteiger partial charge in [0.15, 0.2) is 5.65 Å². The first-order chi connectivity index (χ1) is 14.7. The summed E-state index contributed by atoms with van der Waals surface area (Å²) < 4.78 is 11.1. The molecule has 0 radical (unpaired) electrons. The number of hydrogen-bond donors (Lipinski definition) is 0. The number of halogens is 1. The summed E-state index contributed by atoms with van der Waals surface area (Å²) in [6, 6.07) is 12.1. The number of fused-ring (bicyclic) bond motifs is 1. The van der Waals surface area contributed by atoms with Gasteiger partial charge in [-0.05, 0) is 31.2 Å². The molecule has 30 heavy (non-hydrogen) atoms. The van der Waals surface area contributed by atoms with Gasteiger partial charge in [0.1, 0.15) is 5.82 Å². The van der Waals surface area contributed by atoms with E-state index in [4.69, 9.17) is 36.0 Å². The van der Waals surface area contributed by atoms with Crippen LogP contribution in [0, 0.1) is 0 Å². The lowest BCUT2D eigenvalue weighted by Crippen LogP contribution is -2.44.